The van der Waals surface area contributed by atoms with Gasteiger partial charge in [-0.25, -0.2) is 0 Å². The molecule has 0 saturated carbocycles. The van der Waals surface area contributed by atoms with Gasteiger partial charge < -0.3 is 20.1 Å². The molecule has 2 aromatic rings. The lowest BCUT2D eigenvalue weighted by Gasteiger charge is -2.14. The summed E-state index contributed by atoms with van der Waals surface area (Å²) in [7, 11) is 3.95. The molecule has 25 heavy (non-hydrogen) atoms. The second-order valence-corrected chi connectivity index (χ2v) is 6.79. The molecular formula is C17H22N4O3S. The summed E-state index contributed by atoms with van der Waals surface area (Å²) in [6.07, 6.45) is 0. The molecule has 0 aliphatic carbocycles. The first-order valence-electron chi connectivity index (χ1n) is 7.77. The fraction of sp³-hybridized carbons (Fsp3) is 0.353. The van der Waals surface area contributed by atoms with Crippen LogP contribution in [-0.4, -0.2) is 47.5 Å². The second kappa shape index (κ2) is 9.24. The van der Waals surface area contributed by atoms with Gasteiger partial charge in [0, 0.05) is 18.3 Å². The number of anilines is 2. The molecule has 0 spiro atoms. The molecule has 0 saturated heterocycles. The first kappa shape index (κ1) is 19.0. The Morgan fingerprint density at radius 2 is 1.84 bits per heavy atom. The van der Waals surface area contributed by atoms with E-state index in [0.717, 1.165) is 17.8 Å². The molecule has 0 unspecified atom stereocenters. The highest BCUT2D eigenvalue weighted by Gasteiger charge is 2.10. The molecule has 1 heterocycles. The fourth-order valence-electron chi connectivity index (χ4n) is 2.15. The van der Waals surface area contributed by atoms with Crippen molar-refractivity contribution < 1.29 is 14.1 Å². The van der Waals surface area contributed by atoms with Crippen LogP contribution in [0.5, 0.6) is 0 Å². The van der Waals surface area contributed by atoms with E-state index in [0.29, 0.717) is 11.6 Å². The topological polar surface area (TPSA) is 87.5 Å². The lowest BCUT2D eigenvalue weighted by Crippen LogP contribution is -2.20. The summed E-state index contributed by atoms with van der Waals surface area (Å²) in [5.41, 5.74) is 1.84. The maximum absolute atomic E-state index is 12.1. The molecular weight excluding hydrogens is 340 g/mol. The Balaban J connectivity index is 1.76. The first-order chi connectivity index (χ1) is 11.9. The Morgan fingerprint density at radius 1 is 1.16 bits per heavy atom. The Bertz CT molecular complexity index is 730. The normalized spacial score (nSPS) is 10.7. The Labute approximate surface area is 151 Å². The predicted molar refractivity (Wildman–Crippen MR) is 99.7 cm³/mol. The number of nitrogens with zero attached hydrogens (tertiary/aromatic N) is 2. The largest absolute Gasteiger partial charge is 0.360 e. The number of hydrogen-bond donors (Lipinski definition) is 2. The number of carbonyl (C=O) groups is 2. The van der Waals surface area contributed by atoms with Crippen molar-refractivity contribution in [1.82, 2.24) is 10.1 Å². The number of para-hydroxylation sites is 1. The number of thioether (sulfide) groups is 1. The van der Waals surface area contributed by atoms with Gasteiger partial charge in [0.15, 0.2) is 5.82 Å². The zero-order valence-electron chi connectivity index (χ0n) is 14.5. The van der Waals surface area contributed by atoms with Gasteiger partial charge in [-0.15, -0.1) is 11.8 Å². The van der Waals surface area contributed by atoms with E-state index in [1.54, 1.807) is 13.0 Å². The molecule has 0 bridgehead atoms. The van der Waals surface area contributed by atoms with Gasteiger partial charge in [0.2, 0.25) is 11.8 Å². The van der Waals surface area contributed by atoms with Crippen molar-refractivity contribution in [3.63, 3.8) is 0 Å². The smallest absolute Gasteiger partial charge is 0.235 e. The summed E-state index contributed by atoms with van der Waals surface area (Å²) in [6, 6.07) is 9.32. The van der Waals surface area contributed by atoms with Gasteiger partial charge >= 0.3 is 0 Å². The van der Waals surface area contributed by atoms with E-state index >= 15 is 0 Å². The summed E-state index contributed by atoms with van der Waals surface area (Å²) in [5.74, 6) is 1.00. The van der Waals surface area contributed by atoms with Gasteiger partial charge in [0.25, 0.3) is 0 Å². The first-order valence-corrected chi connectivity index (χ1v) is 8.93. The summed E-state index contributed by atoms with van der Waals surface area (Å²) < 4.78 is 4.87. The second-order valence-electron chi connectivity index (χ2n) is 5.81. The third-order valence-corrected chi connectivity index (χ3v) is 4.07. The van der Waals surface area contributed by atoms with E-state index in [2.05, 4.69) is 15.8 Å². The molecule has 2 rings (SSSR count). The molecule has 1 aromatic heterocycles. The van der Waals surface area contributed by atoms with Crippen molar-refractivity contribution in [2.45, 2.75) is 13.5 Å². The Morgan fingerprint density at radius 3 is 2.48 bits per heavy atom. The summed E-state index contributed by atoms with van der Waals surface area (Å²) >= 11 is 1.24. The molecule has 0 fully saturated rings. The molecule has 0 radical (unpaired) electrons. The Kier molecular flexibility index (Phi) is 7.03. The SMILES string of the molecule is Cc1cc(NC(=O)CSCC(=O)Nc2ccccc2CN(C)C)no1. The zero-order chi connectivity index (χ0) is 18.2. The molecule has 0 atom stereocenters. The van der Waals surface area contributed by atoms with Crippen LogP contribution in [0.2, 0.25) is 0 Å². The highest BCUT2D eigenvalue weighted by molar-refractivity contribution is 8.00. The van der Waals surface area contributed by atoms with Crippen LogP contribution in [0.25, 0.3) is 0 Å². The minimum Gasteiger partial charge on any atom is -0.360 e. The highest BCUT2D eigenvalue weighted by atomic mass is 32.2. The minimum atomic E-state index is -0.223. The number of carbonyl (C=O) groups excluding carboxylic acids is 2. The number of benzene rings is 1. The van der Waals surface area contributed by atoms with Crippen molar-refractivity contribution in [2.75, 3.05) is 36.2 Å². The number of aryl methyl sites for hydroxylation is 1. The van der Waals surface area contributed by atoms with Crippen LogP contribution in [0.3, 0.4) is 0 Å². The molecule has 0 aliphatic rings. The minimum absolute atomic E-state index is 0.138. The van der Waals surface area contributed by atoms with Crippen molar-refractivity contribution in [1.29, 1.82) is 0 Å². The summed E-state index contributed by atoms with van der Waals surface area (Å²) in [5, 5.41) is 9.20. The lowest BCUT2D eigenvalue weighted by molar-refractivity contribution is -0.114. The van der Waals surface area contributed by atoms with Crippen LogP contribution in [0, 0.1) is 6.92 Å². The third-order valence-electron chi connectivity index (χ3n) is 3.14. The number of hydrogen-bond acceptors (Lipinski definition) is 6. The van der Waals surface area contributed by atoms with Crippen molar-refractivity contribution in [3.8, 4) is 0 Å². The van der Waals surface area contributed by atoms with Gasteiger partial charge in [-0.2, -0.15) is 0 Å². The molecule has 0 aliphatic heterocycles. The van der Waals surface area contributed by atoms with E-state index in [4.69, 9.17) is 4.52 Å². The van der Waals surface area contributed by atoms with E-state index in [1.165, 1.54) is 11.8 Å². The Hall–Kier alpha value is -2.32. The third kappa shape index (κ3) is 6.60. The molecule has 134 valence electrons. The zero-order valence-corrected chi connectivity index (χ0v) is 15.4. The maximum Gasteiger partial charge on any atom is 0.235 e. The van der Waals surface area contributed by atoms with Gasteiger partial charge in [0.05, 0.1) is 11.5 Å². The average molecular weight is 362 g/mol. The van der Waals surface area contributed by atoms with Crippen LogP contribution in [-0.2, 0) is 16.1 Å². The average Bonchev–Trinajstić information content (AvgIpc) is 2.93. The molecule has 7 nitrogen and oxygen atoms in total. The van der Waals surface area contributed by atoms with Gasteiger partial charge in [-0.05, 0) is 32.6 Å². The van der Waals surface area contributed by atoms with Crippen LogP contribution in [0.1, 0.15) is 11.3 Å². The monoisotopic (exact) mass is 362 g/mol. The predicted octanol–water partition coefficient (Wildman–Crippen LogP) is 2.36. The van der Waals surface area contributed by atoms with Crippen molar-refractivity contribution in [2.24, 2.45) is 0 Å². The lowest BCUT2D eigenvalue weighted by atomic mass is 10.1. The molecule has 8 heteroatoms. The molecule has 2 N–H and O–H groups in total. The van der Waals surface area contributed by atoms with E-state index < -0.39 is 0 Å². The standard InChI is InChI=1S/C17H22N4O3S/c1-12-8-15(20-24-12)19-17(23)11-25-10-16(22)18-14-7-5-4-6-13(14)9-21(2)3/h4-8H,9-11H2,1-3H3,(H,18,22)(H,19,20,23). The highest BCUT2D eigenvalue weighted by Crippen LogP contribution is 2.17. The van der Waals surface area contributed by atoms with Crippen LogP contribution < -0.4 is 10.6 Å². The summed E-state index contributed by atoms with van der Waals surface area (Å²) in [6.45, 7) is 2.49. The quantitative estimate of drug-likeness (QED) is 0.750. The molecule has 1 aromatic carbocycles. The van der Waals surface area contributed by atoms with E-state index in [-0.39, 0.29) is 23.3 Å². The van der Waals surface area contributed by atoms with E-state index in [1.807, 2.05) is 43.3 Å². The van der Waals surface area contributed by atoms with Gasteiger partial charge in [0.1, 0.15) is 5.76 Å². The van der Waals surface area contributed by atoms with Crippen molar-refractivity contribution >= 4 is 35.1 Å². The number of nitrogens with one attached hydrogen (secondary N) is 2. The van der Waals surface area contributed by atoms with Gasteiger partial charge in [-0.1, -0.05) is 23.4 Å². The van der Waals surface area contributed by atoms with E-state index in [9.17, 15) is 9.59 Å². The number of amides is 2. The van der Waals surface area contributed by atoms with Crippen LogP contribution >= 0.6 is 11.8 Å². The van der Waals surface area contributed by atoms with Gasteiger partial charge in [-0.3, -0.25) is 9.59 Å². The van der Waals surface area contributed by atoms with Crippen LogP contribution in [0.4, 0.5) is 11.5 Å². The number of aromatic nitrogens is 1. The maximum atomic E-state index is 12.1. The fourth-order valence-corrected chi connectivity index (χ4v) is 2.76. The van der Waals surface area contributed by atoms with Crippen molar-refractivity contribution in [3.05, 3.63) is 41.7 Å². The number of rotatable bonds is 8. The van der Waals surface area contributed by atoms with Crippen LogP contribution in [0.15, 0.2) is 34.9 Å². The molecule has 2 amide bonds. The summed E-state index contributed by atoms with van der Waals surface area (Å²) in [4.78, 5) is 25.9.